The van der Waals surface area contributed by atoms with Crippen molar-refractivity contribution in [2.45, 2.75) is 51.2 Å². The highest BCUT2D eigenvalue weighted by Crippen LogP contribution is 2.34. The third-order valence-corrected chi connectivity index (χ3v) is 8.33. The molecule has 0 spiro atoms. The molecule has 0 saturated heterocycles. The Labute approximate surface area is 219 Å². The van der Waals surface area contributed by atoms with E-state index < -0.39 is 33.9 Å². The first-order valence-electron chi connectivity index (χ1n) is 12.4. The van der Waals surface area contributed by atoms with Crippen molar-refractivity contribution in [3.63, 3.8) is 0 Å². The topological polar surface area (TPSA) is 87.2 Å². The minimum absolute atomic E-state index is 0.0257. The van der Waals surface area contributed by atoms with Crippen LogP contribution in [0.2, 0.25) is 0 Å². The van der Waals surface area contributed by atoms with Gasteiger partial charge < -0.3 is 14.7 Å². The second kappa shape index (κ2) is 12.1. The van der Waals surface area contributed by atoms with Crippen LogP contribution in [0, 0.1) is 29.5 Å². The largest absolute Gasteiger partial charge is 0.487 e. The van der Waals surface area contributed by atoms with Crippen LogP contribution < -0.4 is 4.74 Å². The van der Waals surface area contributed by atoms with E-state index in [1.165, 1.54) is 33.5 Å². The van der Waals surface area contributed by atoms with Crippen molar-refractivity contribution < 1.29 is 27.4 Å². The first kappa shape index (κ1) is 28.6. The molecule has 0 radical (unpaired) electrons. The minimum atomic E-state index is -3.98. The summed E-state index contributed by atoms with van der Waals surface area (Å²) in [7, 11) is -2.43. The molecular formula is C28H35FN2O5S. The summed E-state index contributed by atoms with van der Waals surface area (Å²) in [6, 6.07) is 9.82. The van der Waals surface area contributed by atoms with E-state index in [0.29, 0.717) is 17.9 Å². The Balaban J connectivity index is 2.01. The maximum Gasteiger partial charge on any atom is 0.256 e. The maximum atomic E-state index is 14.2. The first-order valence-corrected chi connectivity index (χ1v) is 13.8. The number of halogens is 1. The Morgan fingerprint density at radius 3 is 2.59 bits per heavy atom. The number of rotatable bonds is 6. The Morgan fingerprint density at radius 2 is 1.95 bits per heavy atom. The molecule has 0 aromatic heterocycles. The zero-order valence-electron chi connectivity index (χ0n) is 21.9. The zero-order valence-corrected chi connectivity index (χ0v) is 22.8. The molecule has 1 amide bonds. The molecule has 1 aliphatic rings. The van der Waals surface area contributed by atoms with Gasteiger partial charge in [0.15, 0.2) is 0 Å². The number of benzene rings is 2. The number of hydrogen-bond donors (Lipinski definition) is 1. The van der Waals surface area contributed by atoms with Gasteiger partial charge in [-0.2, -0.15) is 4.31 Å². The van der Waals surface area contributed by atoms with E-state index in [-0.39, 0.29) is 41.8 Å². The van der Waals surface area contributed by atoms with Gasteiger partial charge in [-0.15, -0.1) is 0 Å². The summed E-state index contributed by atoms with van der Waals surface area (Å²) in [5.41, 5.74) is 0.559. The van der Waals surface area contributed by atoms with E-state index in [9.17, 15) is 22.7 Å². The number of sulfonamides is 1. The first-order chi connectivity index (χ1) is 17.4. The number of ether oxygens (including phenoxy) is 1. The van der Waals surface area contributed by atoms with Crippen LogP contribution in [0.4, 0.5) is 4.39 Å². The van der Waals surface area contributed by atoms with E-state index in [2.05, 4.69) is 25.7 Å². The molecule has 1 N–H and O–H groups in total. The SMILES string of the molecule is CC(C)CC#Cc1ccc2c(c1)O[C@@H](CN(C)C(=O)c1ccccc1F)[C@@H](C)CN([C@H](C)CO)S2(=O)=O. The van der Waals surface area contributed by atoms with Crippen LogP contribution in [0.3, 0.4) is 0 Å². The fourth-order valence-electron chi connectivity index (χ4n) is 4.07. The number of carbonyl (C=O) groups is 1. The van der Waals surface area contributed by atoms with Gasteiger partial charge >= 0.3 is 0 Å². The monoisotopic (exact) mass is 530 g/mol. The van der Waals surface area contributed by atoms with Gasteiger partial charge in [0.05, 0.1) is 18.7 Å². The third-order valence-electron chi connectivity index (χ3n) is 6.31. The van der Waals surface area contributed by atoms with Gasteiger partial charge in [-0.05, 0) is 43.2 Å². The molecule has 2 aromatic carbocycles. The van der Waals surface area contributed by atoms with Crippen molar-refractivity contribution in [1.82, 2.24) is 9.21 Å². The lowest BCUT2D eigenvalue weighted by atomic mass is 10.0. The summed E-state index contributed by atoms with van der Waals surface area (Å²) in [5.74, 6) is 5.22. The second-order valence-electron chi connectivity index (χ2n) is 9.97. The highest BCUT2D eigenvalue weighted by molar-refractivity contribution is 7.89. The molecule has 1 aliphatic heterocycles. The van der Waals surface area contributed by atoms with Crippen molar-refractivity contribution in [3.8, 4) is 17.6 Å². The number of aliphatic hydroxyl groups is 1. The highest BCUT2D eigenvalue weighted by Gasteiger charge is 2.38. The summed E-state index contributed by atoms with van der Waals surface area (Å²) in [6.07, 6.45) is 0.0860. The van der Waals surface area contributed by atoms with Crippen molar-refractivity contribution in [3.05, 3.63) is 59.4 Å². The number of nitrogens with zero attached hydrogens (tertiary/aromatic N) is 2. The smallest absolute Gasteiger partial charge is 0.256 e. The second-order valence-corrected chi connectivity index (χ2v) is 11.8. The summed E-state index contributed by atoms with van der Waals surface area (Å²) in [5, 5.41) is 9.79. The number of likely N-dealkylation sites (N-methyl/N-ethyl adjacent to an activating group) is 1. The number of aliphatic hydroxyl groups excluding tert-OH is 1. The molecule has 2 aromatic rings. The van der Waals surface area contributed by atoms with Crippen molar-refractivity contribution >= 4 is 15.9 Å². The summed E-state index contributed by atoms with van der Waals surface area (Å²) >= 11 is 0. The third kappa shape index (κ3) is 6.69. The van der Waals surface area contributed by atoms with Crippen molar-refractivity contribution in [1.29, 1.82) is 0 Å². The molecule has 9 heteroatoms. The Hall–Kier alpha value is -2.93. The van der Waals surface area contributed by atoms with Crippen LogP contribution in [0.15, 0.2) is 47.4 Å². The average Bonchev–Trinajstić information content (AvgIpc) is 2.85. The molecule has 1 heterocycles. The van der Waals surface area contributed by atoms with Crippen LogP contribution in [-0.4, -0.2) is 67.5 Å². The van der Waals surface area contributed by atoms with Gasteiger partial charge in [0.25, 0.3) is 5.91 Å². The van der Waals surface area contributed by atoms with Crippen LogP contribution in [-0.2, 0) is 10.0 Å². The standard InChI is InChI=1S/C28H35FN2O5S/c1-19(2)9-8-10-22-13-14-27-25(15-22)36-26(20(3)16-31(21(4)18-32)37(27,34)35)17-30(5)28(33)23-11-6-7-12-24(23)29/h6-7,11-15,19-21,26,32H,9,16-18H2,1-5H3/t20-,21+,26-/m0/s1. The van der Waals surface area contributed by atoms with Gasteiger partial charge in [-0.1, -0.05) is 44.7 Å². The Kier molecular flexibility index (Phi) is 9.35. The maximum absolute atomic E-state index is 14.2. The highest BCUT2D eigenvalue weighted by atomic mass is 32.2. The molecule has 0 saturated carbocycles. The lowest BCUT2D eigenvalue weighted by molar-refractivity contribution is 0.0560. The van der Waals surface area contributed by atoms with Crippen molar-refractivity contribution in [2.24, 2.45) is 11.8 Å². The van der Waals surface area contributed by atoms with Gasteiger partial charge in [-0.3, -0.25) is 4.79 Å². The average molecular weight is 531 g/mol. The van der Waals surface area contributed by atoms with E-state index in [1.54, 1.807) is 32.2 Å². The van der Waals surface area contributed by atoms with Crippen LogP contribution in [0.25, 0.3) is 0 Å². The fourth-order valence-corrected chi connectivity index (χ4v) is 5.90. The predicted octanol–water partition coefficient (Wildman–Crippen LogP) is 3.76. The molecule has 3 rings (SSSR count). The van der Waals surface area contributed by atoms with E-state index in [4.69, 9.17) is 4.74 Å². The lowest BCUT2D eigenvalue weighted by Gasteiger charge is -2.37. The molecule has 0 aliphatic carbocycles. The number of fused-ring (bicyclic) bond motifs is 1. The number of amides is 1. The van der Waals surface area contributed by atoms with Crippen LogP contribution in [0.1, 0.15) is 50.0 Å². The van der Waals surface area contributed by atoms with Gasteiger partial charge in [0.1, 0.15) is 22.6 Å². The summed E-state index contributed by atoms with van der Waals surface area (Å²) in [6.45, 7) is 7.41. The van der Waals surface area contributed by atoms with E-state index in [1.807, 2.05) is 6.92 Å². The van der Waals surface area contributed by atoms with E-state index in [0.717, 1.165) is 0 Å². The minimum Gasteiger partial charge on any atom is -0.487 e. The normalized spacial score (nSPS) is 20.0. The van der Waals surface area contributed by atoms with Crippen LogP contribution >= 0.6 is 0 Å². The number of carbonyl (C=O) groups excluding carboxylic acids is 1. The Morgan fingerprint density at radius 1 is 1.24 bits per heavy atom. The zero-order chi connectivity index (χ0) is 27.3. The quantitative estimate of drug-likeness (QED) is 0.575. The number of hydrogen-bond acceptors (Lipinski definition) is 5. The van der Waals surface area contributed by atoms with Gasteiger partial charge in [0, 0.05) is 37.5 Å². The van der Waals surface area contributed by atoms with Crippen LogP contribution in [0.5, 0.6) is 5.75 Å². The molecule has 0 unspecified atom stereocenters. The molecule has 7 nitrogen and oxygen atoms in total. The molecule has 37 heavy (non-hydrogen) atoms. The molecule has 3 atom stereocenters. The molecular weight excluding hydrogens is 495 g/mol. The Bertz CT molecular complexity index is 1280. The summed E-state index contributed by atoms with van der Waals surface area (Å²) < 4.78 is 49.0. The molecule has 0 fully saturated rings. The van der Waals surface area contributed by atoms with Gasteiger partial charge in [0.2, 0.25) is 10.0 Å². The van der Waals surface area contributed by atoms with E-state index >= 15 is 0 Å². The summed E-state index contributed by atoms with van der Waals surface area (Å²) in [4.78, 5) is 14.3. The predicted molar refractivity (Wildman–Crippen MR) is 140 cm³/mol. The van der Waals surface area contributed by atoms with Gasteiger partial charge in [-0.25, -0.2) is 12.8 Å². The molecule has 200 valence electrons. The lowest BCUT2D eigenvalue weighted by Crippen LogP contribution is -2.50. The fraction of sp³-hybridized carbons (Fsp3) is 0.464. The van der Waals surface area contributed by atoms with Crippen molar-refractivity contribution in [2.75, 3.05) is 26.7 Å². The molecule has 0 bridgehead atoms.